The fourth-order valence-electron chi connectivity index (χ4n) is 3.77. The van der Waals surface area contributed by atoms with E-state index in [2.05, 4.69) is 73.2 Å². The van der Waals surface area contributed by atoms with Gasteiger partial charge in [0.05, 0.1) is 5.69 Å². The number of nitrogens with one attached hydrogen (secondary N) is 1. The Kier molecular flexibility index (Phi) is 7.64. The molecule has 0 spiro atoms. The number of anilines is 1. The third-order valence-electron chi connectivity index (χ3n) is 5.26. The van der Waals surface area contributed by atoms with Crippen LogP contribution in [0, 0.1) is 6.92 Å². The zero-order chi connectivity index (χ0) is 19.9. The predicted molar refractivity (Wildman–Crippen MR) is 132 cm³/mol. The Balaban J connectivity index is 0.00000256. The summed E-state index contributed by atoms with van der Waals surface area (Å²) in [5.74, 6) is 0. The van der Waals surface area contributed by atoms with Crippen LogP contribution in [0.25, 0.3) is 5.57 Å². The van der Waals surface area contributed by atoms with E-state index in [1.54, 1.807) is 0 Å². The number of nitrogens with zero attached hydrogens (tertiary/aromatic N) is 1. The van der Waals surface area contributed by atoms with Gasteiger partial charge in [0.25, 0.3) is 0 Å². The van der Waals surface area contributed by atoms with Gasteiger partial charge >= 0.3 is 0 Å². The molecule has 152 valence electrons. The van der Waals surface area contributed by atoms with Crippen molar-refractivity contribution in [1.82, 2.24) is 0 Å². The number of rotatable bonds is 5. The summed E-state index contributed by atoms with van der Waals surface area (Å²) in [6.07, 6.45) is 7.47. The molecule has 30 heavy (non-hydrogen) atoms. The van der Waals surface area contributed by atoms with Crippen LogP contribution in [-0.4, -0.2) is 6.21 Å². The van der Waals surface area contributed by atoms with Gasteiger partial charge in [-0.2, -0.15) is 0 Å². The Hall–Kier alpha value is -3.10. The number of hydrogen-bond donors (Lipinski definition) is 1. The van der Waals surface area contributed by atoms with E-state index in [1.165, 1.54) is 27.8 Å². The number of hydrogen-bond acceptors (Lipinski definition) is 2. The maximum atomic E-state index is 4.76. The van der Waals surface area contributed by atoms with E-state index in [4.69, 9.17) is 4.99 Å². The average molecular weight is 415 g/mol. The lowest BCUT2D eigenvalue weighted by molar-refractivity contribution is 0.813. The maximum Gasteiger partial charge on any atom is 0.0629 e. The van der Waals surface area contributed by atoms with Crippen molar-refractivity contribution < 1.29 is 0 Å². The second-order valence-electron chi connectivity index (χ2n) is 7.34. The lowest BCUT2D eigenvalue weighted by atomic mass is 9.82. The highest BCUT2D eigenvalue weighted by Crippen LogP contribution is 2.37. The fourth-order valence-corrected chi connectivity index (χ4v) is 3.77. The Morgan fingerprint density at radius 2 is 1.47 bits per heavy atom. The SMILES string of the molecule is Cc1ccccc1C1=C(C=Nc2ccccc2)CCC/C1=C\Nc1ccccc1.Cl. The van der Waals surface area contributed by atoms with Crippen LogP contribution >= 0.6 is 12.4 Å². The molecule has 0 saturated carbocycles. The first-order valence-corrected chi connectivity index (χ1v) is 10.2. The summed E-state index contributed by atoms with van der Waals surface area (Å²) < 4.78 is 0. The van der Waals surface area contributed by atoms with Crippen LogP contribution in [0.2, 0.25) is 0 Å². The quantitative estimate of drug-likeness (QED) is 0.424. The van der Waals surface area contributed by atoms with Crippen LogP contribution in [-0.2, 0) is 0 Å². The minimum Gasteiger partial charge on any atom is -0.361 e. The fraction of sp³-hybridized carbons (Fsp3) is 0.148. The van der Waals surface area contributed by atoms with Gasteiger partial charge in [0.15, 0.2) is 0 Å². The molecule has 0 aromatic heterocycles. The van der Waals surface area contributed by atoms with Crippen LogP contribution in [0.5, 0.6) is 0 Å². The van der Waals surface area contributed by atoms with E-state index in [0.717, 1.165) is 30.6 Å². The summed E-state index contributed by atoms with van der Waals surface area (Å²) >= 11 is 0. The molecule has 0 atom stereocenters. The molecule has 2 nitrogen and oxygen atoms in total. The molecule has 0 fully saturated rings. The first-order valence-electron chi connectivity index (χ1n) is 10.2. The molecule has 0 aliphatic heterocycles. The second kappa shape index (κ2) is 10.6. The molecular weight excluding hydrogens is 388 g/mol. The van der Waals surface area contributed by atoms with E-state index in [9.17, 15) is 0 Å². The van der Waals surface area contributed by atoms with Crippen molar-refractivity contribution >= 4 is 35.6 Å². The molecule has 1 aliphatic carbocycles. The third kappa shape index (κ3) is 5.28. The molecule has 0 heterocycles. The van der Waals surface area contributed by atoms with Gasteiger partial charge in [0, 0.05) is 18.1 Å². The van der Waals surface area contributed by atoms with Crippen molar-refractivity contribution in [2.75, 3.05) is 5.32 Å². The van der Waals surface area contributed by atoms with Crippen LogP contribution in [0.3, 0.4) is 0 Å². The first kappa shape index (κ1) is 21.6. The molecule has 1 N–H and O–H groups in total. The van der Waals surface area contributed by atoms with Gasteiger partial charge in [-0.1, -0.05) is 60.7 Å². The molecule has 0 bridgehead atoms. The van der Waals surface area contributed by atoms with E-state index in [1.807, 2.05) is 36.4 Å². The lowest BCUT2D eigenvalue weighted by Crippen LogP contribution is -2.07. The van der Waals surface area contributed by atoms with Crippen LogP contribution in [0.15, 0.2) is 107 Å². The number of allylic oxidation sites excluding steroid dienone is 3. The van der Waals surface area contributed by atoms with E-state index in [-0.39, 0.29) is 12.4 Å². The third-order valence-corrected chi connectivity index (χ3v) is 5.26. The molecule has 0 amide bonds. The van der Waals surface area contributed by atoms with Gasteiger partial charge in [0.2, 0.25) is 0 Å². The van der Waals surface area contributed by atoms with Crippen molar-refractivity contribution in [2.24, 2.45) is 4.99 Å². The number of para-hydroxylation sites is 2. The van der Waals surface area contributed by atoms with Gasteiger partial charge in [0.1, 0.15) is 0 Å². The molecule has 0 saturated heterocycles. The van der Waals surface area contributed by atoms with E-state index in [0.29, 0.717) is 0 Å². The van der Waals surface area contributed by atoms with Crippen molar-refractivity contribution in [3.05, 3.63) is 113 Å². The molecule has 0 radical (unpaired) electrons. The zero-order valence-electron chi connectivity index (χ0n) is 17.2. The van der Waals surface area contributed by atoms with Crippen molar-refractivity contribution in [3.63, 3.8) is 0 Å². The normalized spacial score (nSPS) is 15.3. The molecule has 4 rings (SSSR count). The summed E-state index contributed by atoms with van der Waals surface area (Å²) in [7, 11) is 0. The highest BCUT2D eigenvalue weighted by atomic mass is 35.5. The minimum atomic E-state index is 0. The summed E-state index contributed by atoms with van der Waals surface area (Å²) in [6, 6.07) is 29.1. The summed E-state index contributed by atoms with van der Waals surface area (Å²) in [6.45, 7) is 2.19. The Labute approximate surface area is 185 Å². The topological polar surface area (TPSA) is 24.4 Å². The monoisotopic (exact) mass is 414 g/mol. The highest BCUT2D eigenvalue weighted by Gasteiger charge is 2.19. The highest BCUT2D eigenvalue weighted by molar-refractivity contribution is 5.98. The molecular formula is C27H27ClN2. The van der Waals surface area contributed by atoms with E-state index < -0.39 is 0 Å². The molecule has 1 aliphatic rings. The smallest absolute Gasteiger partial charge is 0.0629 e. The van der Waals surface area contributed by atoms with Gasteiger partial charge in [-0.15, -0.1) is 12.4 Å². The van der Waals surface area contributed by atoms with Gasteiger partial charge in [-0.05, 0) is 78.3 Å². The second-order valence-corrected chi connectivity index (χ2v) is 7.34. The van der Waals surface area contributed by atoms with Gasteiger partial charge < -0.3 is 5.32 Å². The van der Waals surface area contributed by atoms with Gasteiger partial charge in [-0.25, -0.2) is 0 Å². The van der Waals surface area contributed by atoms with Crippen molar-refractivity contribution in [2.45, 2.75) is 26.2 Å². The number of benzene rings is 3. The van der Waals surface area contributed by atoms with Crippen LogP contribution in [0.4, 0.5) is 11.4 Å². The van der Waals surface area contributed by atoms with Crippen molar-refractivity contribution in [1.29, 1.82) is 0 Å². The largest absolute Gasteiger partial charge is 0.361 e. The van der Waals surface area contributed by atoms with E-state index >= 15 is 0 Å². The number of aryl methyl sites for hydroxylation is 1. The predicted octanol–water partition coefficient (Wildman–Crippen LogP) is 7.75. The Morgan fingerprint density at radius 1 is 0.800 bits per heavy atom. The molecule has 3 aromatic carbocycles. The molecule has 3 aromatic rings. The number of aliphatic imine (C=N–C) groups is 1. The first-order chi connectivity index (χ1) is 14.3. The maximum absolute atomic E-state index is 4.76. The van der Waals surface area contributed by atoms with Gasteiger partial charge in [-0.3, -0.25) is 4.99 Å². The summed E-state index contributed by atoms with van der Waals surface area (Å²) in [5, 5.41) is 3.49. The summed E-state index contributed by atoms with van der Waals surface area (Å²) in [5.41, 5.74) is 8.64. The average Bonchev–Trinajstić information content (AvgIpc) is 2.78. The Bertz CT molecular complexity index is 1050. The van der Waals surface area contributed by atoms with Crippen LogP contribution in [0.1, 0.15) is 30.4 Å². The number of halogens is 1. The zero-order valence-corrected chi connectivity index (χ0v) is 18.0. The van der Waals surface area contributed by atoms with Crippen LogP contribution < -0.4 is 5.32 Å². The Morgan fingerprint density at radius 3 is 2.20 bits per heavy atom. The molecule has 0 unspecified atom stereocenters. The summed E-state index contributed by atoms with van der Waals surface area (Å²) in [4.78, 5) is 4.76. The minimum absolute atomic E-state index is 0. The molecule has 3 heteroatoms. The lowest BCUT2D eigenvalue weighted by Gasteiger charge is -2.23. The van der Waals surface area contributed by atoms with Crippen molar-refractivity contribution in [3.8, 4) is 0 Å². The standard InChI is InChI=1S/C27H26N2.ClH/c1-21-11-8-9-18-26(21)27-22(19-28-24-14-4-2-5-15-24)12-10-13-23(27)20-29-25-16-6-3-7-17-25;/h2-9,11,14-20,28H,10,12-13H2,1H3;1H/b22-19+,29-20?;.